The maximum Gasteiger partial charge on any atom is 0.241 e. The monoisotopic (exact) mass is 471 g/mol. The number of hydrogen-bond donors (Lipinski definition) is 1. The molecular formula is C24H28F3N7. The number of nitrogens with zero attached hydrogens (tertiary/aromatic N) is 6. The van der Waals surface area contributed by atoms with E-state index in [1.807, 2.05) is 37.2 Å². The van der Waals surface area contributed by atoms with Gasteiger partial charge < -0.3 is 10.2 Å². The van der Waals surface area contributed by atoms with Gasteiger partial charge in [0.05, 0.1) is 17.8 Å². The second-order valence-corrected chi connectivity index (χ2v) is 9.31. The van der Waals surface area contributed by atoms with Crippen molar-refractivity contribution in [2.75, 3.05) is 25.5 Å². The lowest BCUT2D eigenvalue weighted by molar-refractivity contribution is 0.132. The molecule has 0 aromatic carbocycles. The summed E-state index contributed by atoms with van der Waals surface area (Å²) >= 11 is 0. The van der Waals surface area contributed by atoms with Crippen molar-refractivity contribution in [2.24, 2.45) is 4.99 Å². The first kappa shape index (κ1) is 22.8. The van der Waals surface area contributed by atoms with Crippen LogP contribution >= 0.6 is 0 Å². The third-order valence-electron chi connectivity index (χ3n) is 6.69. The van der Waals surface area contributed by atoms with E-state index in [9.17, 15) is 13.2 Å². The zero-order valence-corrected chi connectivity index (χ0v) is 19.3. The maximum absolute atomic E-state index is 14.4. The molecule has 1 saturated heterocycles. The first-order chi connectivity index (χ1) is 16.4. The Bertz CT molecular complexity index is 1210. The Hall–Kier alpha value is -3.01. The van der Waals surface area contributed by atoms with Gasteiger partial charge in [0, 0.05) is 54.3 Å². The minimum Gasteiger partial charge on any atom is -0.347 e. The highest BCUT2D eigenvalue weighted by Crippen LogP contribution is 2.39. The van der Waals surface area contributed by atoms with Gasteiger partial charge in [-0.15, -0.1) is 5.10 Å². The number of anilines is 1. The van der Waals surface area contributed by atoms with E-state index in [1.54, 1.807) is 16.9 Å². The van der Waals surface area contributed by atoms with Gasteiger partial charge in [-0.05, 0) is 51.3 Å². The number of aliphatic imine (C=N–C) groups is 1. The first-order valence-corrected chi connectivity index (χ1v) is 11.6. The molecule has 5 heterocycles. The van der Waals surface area contributed by atoms with Crippen molar-refractivity contribution in [2.45, 2.75) is 57.2 Å². The summed E-state index contributed by atoms with van der Waals surface area (Å²) in [4.78, 5) is 15.5. The number of rotatable bonds is 6. The van der Waals surface area contributed by atoms with Crippen LogP contribution in [0.15, 0.2) is 35.7 Å². The fourth-order valence-electron chi connectivity index (χ4n) is 4.89. The number of alkyl halides is 3. The Kier molecular flexibility index (Phi) is 6.24. The van der Waals surface area contributed by atoms with E-state index in [-0.39, 0.29) is 18.4 Å². The van der Waals surface area contributed by atoms with Gasteiger partial charge in [0.1, 0.15) is 6.17 Å². The molecule has 1 fully saturated rings. The van der Waals surface area contributed by atoms with Gasteiger partial charge >= 0.3 is 0 Å². The van der Waals surface area contributed by atoms with Crippen molar-refractivity contribution < 1.29 is 13.2 Å². The van der Waals surface area contributed by atoms with Crippen LogP contribution in [0.25, 0.3) is 16.6 Å². The molecular weight excluding hydrogens is 443 g/mol. The summed E-state index contributed by atoms with van der Waals surface area (Å²) in [7, 11) is 1.91. The van der Waals surface area contributed by atoms with E-state index in [0.29, 0.717) is 37.6 Å². The predicted octanol–water partition coefficient (Wildman–Crippen LogP) is 4.87. The quantitative estimate of drug-likeness (QED) is 0.555. The van der Waals surface area contributed by atoms with Crippen LogP contribution in [-0.4, -0.2) is 69.0 Å². The Morgan fingerprint density at radius 1 is 1.24 bits per heavy atom. The lowest BCUT2D eigenvalue weighted by Gasteiger charge is -2.32. The van der Waals surface area contributed by atoms with Gasteiger partial charge in [-0.1, -0.05) is 0 Å². The highest BCUT2D eigenvalue weighted by molar-refractivity contribution is 5.88. The molecule has 10 heteroatoms. The van der Waals surface area contributed by atoms with E-state index in [2.05, 4.69) is 25.4 Å². The van der Waals surface area contributed by atoms with Crippen molar-refractivity contribution >= 4 is 23.0 Å². The molecule has 3 aromatic rings. The van der Waals surface area contributed by atoms with Crippen molar-refractivity contribution in [1.29, 1.82) is 0 Å². The molecule has 1 unspecified atom stereocenters. The van der Waals surface area contributed by atoms with Crippen LogP contribution in [0.5, 0.6) is 0 Å². The van der Waals surface area contributed by atoms with Gasteiger partial charge in [0.25, 0.3) is 0 Å². The van der Waals surface area contributed by atoms with Crippen molar-refractivity contribution in [3.63, 3.8) is 0 Å². The number of aromatic nitrogens is 4. The SMILES string of the molecule is CC1=Nc2ncc(-c3ccn4nc(N[C@@H]5CCN(C)C[C@@H]5F)ncc34)cc2C(CCC(F)F)C1. The zero-order chi connectivity index (χ0) is 23.8. The Morgan fingerprint density at radius 3 is 2.88 bits per heavy atom. The maximum atomic E-state index is 14.4. The molecule has 2 aliphatic heterocycles. The molecule has 1 N–H and O–H groups in total. The summed E-state index contributed by atoms with van der Waals surface area (Å²) in [5, 5.41) is 7.65. The van der Waals surface area contributed by atoms with E-state index in [1.165, 1.54) is 0 Å². The van der Waals surface area contributed by atoms with E-state index in [4.69, 9.17) is 0 Å². The molecule has 7 nitrogen and oxygen atoms in total. The summed E-state index contributed by atoms with van der Waals surface area (Å²) in [6, 6.07) is 3.61. The molecule has 180 valence electrons. The normalized spacial score (nSPS) is 23.2. The Balaban J connectivity index is 1.41. The fourth-order valence-corrected chi connectivity index (χ4v) is 4.89. The highest BCUT2D eigenvalue weighted by Gasteiger charge is 2.28. The van der Waals surface area contributed by atoms with Crippen LogP contribution in [0.4, 0.5) is 24.9 Å². The minimum atomic E-state index is -2.32. The molecule has 3 atom stereocenters. The van der Waals surface area contributed by atoms with Crippen molar-refractivity contribution in [3.05, 3.63) is 36.3 Å². The van der Waals surface area contributed by atoms with Gasteiger partial charge in [-0.2, -0.15) is 0 Å². The molecule has 0 radical (unpaired) electrons. The van der Waals surface area contributed by atoms with E-state index < -0.39 is 12.6 Å². The largest absolute Gasteiger partial charge is 0.347 e. The smallest absolute Gasteiger partial charge is 0.241 e. The van der Waals surface area contributed by atoms with Crippen LogP contribution in [-0.2, 0) is 0 Å². The topological polar surface area (TPSA) is 70.7 Å². The van der Waals surface area contributed by atoms with Crippen LogP contribution < -0.4 is 5.32 Å². The minimum absolute atomic E-state index is 0.0296. The number of hydrogen-bond acceptors (Lipinski definition) is 6. The second-order valence-electron chi connectivity index (χ2n) is 9.31. The summed E-state index contributed by atoms with van der Waals surface area (Å²) in [5.74, 6) is 0.960. The summed E-state index contributed by atoms with van der Waals surface area (Å²) in [5.41, 5.74) is 4.35. The molecule has 2 aliphatic rings. The first-order valence-electron chi connectivity index (χ1n) is 11.6. The Morgan fingerprint density at radius 2 is 2.09 bits per heavy atom. The number of fused-ring (bicyclic) bond motifs is 2. The number of pyridine rings is 1. The highest BCUT2D eigenvalue weighted by atomic mass is 19.3. The standard InChI is InChI=1S/C24H28F3N7/c1-14-9-15(3-4-22(26)27)18-10-16(11-28-23(18)30-14)17-5-8-34-21(17)12-29-24(32-34)31-20-6-7-33(2)13-19(20)25/h5,8,10-12,15,19-20,22H,3-4,6-7,9,13H2,1-2H3,(H,31,32)/t15?,19-,20+/m0/s1. The summed E-state index contributed by atoms with van der Waals surface area (Å²) in [6.07, 6.45) is 3.58. The van der Waals surface area contributed by atoms with E-state index in [0.717, 1.165) is 34.5 Å². The molecule has 0 saturated carbocycles. The van der Waals surface area contributed by atoms with Gasteiger partial charge in [0.2, 0.25) is 12.4 Å². The van der Waals surface area contributed by atoms with Gasteiger partial charge in [-0.25, -0.2) is 32.6 Å². The van der Waals surface area contributed by atoms with Crippen LogP contribution in [0.1, 0.15) is 44.1 Å². The van der Waals surface area contributed by atoms with Crippen molar-refractivity contribution in [1.82, 2.24) is 24.5 Å². The van der Waals surface area contributed by atoms with Crippen molar-refractivity contribution in [3.8, 4) is 11.1 Å². The molecule has 0 spiro atoms. The van der Waals surface area contributed by atoms with Crippen LogP contribution in [0, 0.1) is 0 Å². The molecule has 34 heavy (non-hydrogen) atoms. The molecule has 0 aliphatic carbocycles. The Labute approximate surface area is 196 Å². The second kappa shape index (κ2) is 9.32. The molecule has 3 aromatic heterocycles. The van der Waals surface area contributed by atoms with Gasteiger partial charge in [0.15, 0.2) is 5.82 Å². The number of piperidine rings is 1. The predicted molar refractivity (Wildman–Crippen MR) is 126 cm³/mol. The lowest BCUT2D eigenvalue weighted by Crippen LogP contribution is -2.46. The zero-order valence-electron chi connectivity index (χ0n) is 19.3. The third-order valence-corrected chi connectivity index (χ3v) is 6.69. The lowest BCUT2D eigenvalue weighted by atomic mass is 9.87. The number of halogens is 3. The molecule has 5 rings (SSSR count). The van der Waals surface area contributed by atoms with Crippen LogP contribution in [0.3, 0.4) is 0 Å². The van der Waals surface area contributed by atoms with Gasteiger partial charge in [-0.3, -0.25) is 0 Å². The van der Waals surface area contributed by atoms with Crippen LogP contribution in [0.2, 0.25) is 0 Å². The molecule has 0 amide bonds. The summed E-state index contributed by atoms with van der Waals surface area (Å²) in [6.45, 7) is 3.12. The molecule has 0 bridgehead atoms. The third kappa shape index (κ3) is 4.64. The fraction of sp³-hybridized carbons (Fsp3) is 0.500. The average Bonchev–Trinajstić information content (AvgIpc) is 3.22. The summed E-state index contributed by atoms with van der Waals surface area (Å²) < 4.78 is 41.8. The average molecular weight is 472 g/mol. The number of nitrogens with one attached hydrogen (secondary N) is 1. The van der Waals surface area contributed by atoms with E-state index >= 15 is 0 Å². The number of likely N-dealkylation sites (tertiary alicyclic amines) is 1.